The van der Waals surface area contributed by atoms with Crippen LogP contribution in [0.5, 0.6) is 0 Å². The van der Waals surface area contributed by atoms with Crippen LogP contribution >= 0.6 is 0 Å². The van der Waals surface area contributed by atoms with Gasteiger partial charge in [0, 0.05) is 12.2 Å². The van der Waals surface area contributed by atoms with Crippen LogP contribution in [0.2, 0.25) is 0 Å². The van der Waals surface area contributed by atoms with Crippen molar-refractivity contribution in [1.29, 1.82) is 0 Å². The van der Waals surface area contributed by atoms with Crippen molar-refractivity contribution in [2.45, 2.75) is 38.3 Å². The van der Waals surface area contributed by atoms with Gasteiger partial charge in [0.2, 0.25) is 0 Å². The monoisotopic (exact) mass is 278 g/mol. The molecule has 1 aliphatic heterocycles. The SMILES string of the molecule is Cc1ccc2c(c1)CCCN2C1Cc2ccccc2C1N. The van der Waals surface area contributed by atoms with E-state index in [0.717, 1.165) is 13.0 Å². The van der Waals surface area contributed by atoms with Crippen molar-refractivity contribution >= 4 is 5.69 Å². The lowest BCUT2D eigenvalue weighted by molar-refractivity contribution is 0.512. The molecule has 2 aromatic carbocycles. The Bertz CT molecular complexity index is 677. The Morgan fingerprint density at radius 2 is 1.95 bits per heavy atom. The number of fused-ring (bicyclic) bond motifs is 2. The topological polar surface area (TPSA) is 29.3 Å². The number of nitrogens with two attached hydrogens (primary N) is 1. The fourth-order valence-electron chi connectivity index (χ4n) is 4.01. The average Bonchev–Trinajstić information content (AvgIpc) is 2.84. The normalized spacial score (nSPS) is 23.8. The van der Waals surface area contributed by atoms with E-state index in [0.29, 0.717) is 6.04 Å². The van der Waals surface area contributed by atoms with Crippen LogP contribution in [-0.4, -0.2) is 12.6 Å². The minimum Gasteiger partial charge on any atom is -0.366 e. The lowest BCUT2D eigenvalue weighted by Gasteiger charge is -2.38. The maximum atomic E-state index is 6.57. The Kier molecular flexibility index (Phi) is 3.00. The van der Waals surface area contributed by atoms with Gasteiger partial charge in [-0.2, -0.15) is 0 Å². The van der Waals surface area contributed by atoms with Gasteiger partial charge in [-0.05, 0) is 48.9 Å². The van der Waals surface area contributed by atoms with Crippen molar-refractivity contribution in [2.24, 2.45) is 5.73 Å². The first-order valence-electron chi connectivity index (χ1n) is 7.93. The zero-order valence-corrected chi connectivity index (χ0v) is 12.5. The summed E-state index contributed by atoms with van der Waals surface area (Å²) in [6, 6.07) is 16.1. The van der Waals surface area contributed by atoms with E-state index in [1.165, 1.54) is 40.8 Å². The maximum absolute atomic E-state index is 6.57. The van der Waals surface area contributed by atoms with Crippen LogP contribution in [0.25, 0.3) is 0 Å². The maximum Gasteiger partial charge on any atom is 0.0523 e. The van der Waals surface area contributed by atoms with Gasteiger partial charge in [0.25, 0.3) is 0 Å². The second kappa shape index (κ2) is 4.88. The van der Waals surface area contributed by atoms with E-state index in [-0.39, 0.29) is 6.04 Å². The first kappa shape index (κ1) is 12.9. The molecule has 0 aromatic heterocycles. The molecule has 0 spiro atoms. The van der Waals surface area contributed by atoms with Crippen molar-refractivity contribution in [3.05, 3.63) is 64.7 Å². The molecule has 0 fully saturated rings. The highest BCUT2D eigenvalue weighted by Crippen LogP contribution is 2.38. The Balaban J connectivity index is 1.71. The van der Waals surface area contributed by atoms with E-state index >= 15 is 0 Å². The smallest absolute Gasteiger partial charge is 0.0523 e. The Morgan fingerprint density at radius 1 is 1.10 bits per heavy atom. The van der Waals surface area contributed by atoms with Crippen molar-refractivity contribution in [3.8, 4) is 0 Å². The highest BCUT2D eigenvalue weighted by Gasteiger charge is 2.35. The van der Waals surface area contributed by atoms with E-state index in [2.05, 4.69) is 54.3 Å². The van der Waals surface area contributed by atoms with E-state index in [1.807, 2.05) is 0 Å². The summed E-state index contributed by atoms with van der Waals surface area (Å²) in [5.41, 5.74) is 13.6. The number of anilines is 1. The predicted octanol–water partition coefficient (Wildman–Crippen LogP) is 3.37. The molecular weight excluding hydrogens is 256 g/mol. The lowest BCUT2D eigenvalue weighted by Crippen LogP contribution is -2.44. The third kappa shape index (κ3) is 2.06. The highest BCUT2D eigenvalue weighted by molar-refractivity contribution is 5.59. The van der Waals surface area contributed by atoms with Crippen molar-refractivity contribution < 1.29 is 0 Å². The minimum atomic E-state index is 0.133. The van der Waals surface area contributed by atoms with Crippen LogP contribution in [0.1, 0.15) is 34.7 Å². The number of nitrogens with zero attached hydrogens (tertiary/aromatic N) is 1. The molecule has 0 saturated heterocycles. The first-order chi connectivity index (χ1) is 10.2. The summed E-state index contributed by atoms with van der Waals surface area (Å²) in [6.45, 7) is 3.30. The fourth-order valence-corrected chi connectivity index (χ4v) is 4.01. The number of benzene rings is 2. The number of hydrogen-bond donors (Lipinski definition) is 1. The molecule has 0 bridgehead atoms. The molecular formula is C19H22N2. The van der Waals surface area contributed by atoms with Crippen molar-refractivity contribution in [2.75, 3.05) is 11.4 Å². The summed E-state index contributed by atoms with van der Waals surface area (Å²) in [5, 5.41) is 0. The zero-order valence-electron chi connectivity index (χ0n) is 12.5. The molecule has 0 saturated carbocycles. The molecule has 2 aromatic rings. The third-order valence-corrected chi connectivity index (χ3v) is 5.05. The molecule has 2 heteroatoms. The molecule has 2 aliphatic rings. The summed E-state index contributed by atoms with van der Waals surface area (Å²) in [4.78, 5) is 2.56. The average molecular weight is 278 g/mol. The van der Waals surface area contributed by atoms with Crippen LogP contribution < -0.4 is 10.6 Å². The molecule has 2 N–H and O–H groups in total. The van der Waals surface area contributed by atoms with Gasteiger partial charge in [-0.15, -0.1) is 0 Å². The van der Waals surface area contributed by atoms with Gasteiger partial charge >= 0.3 is 0 Å². The zero-order chi connectivity index (χ0) is 14.4. The van der Waals surface area contributed by atoms with Crippen molar-refractivity contribution in [1.82, 2.24) is 0 Å². The molecule has 21 heavy (non-hydrogen) atoms. The highest BCUT2D eigenvalue weighted by atomic mass is 15.2. The predicted molar refractivity (Wildman–Crippen MR) is 87.7 cm³/mol. The molecule has 108 valence electrons. The Labute approximate surface area is 126 Å². The van der Waals surface area contributed by atoms with Gasteiger partial charge in [-0.1, -0.05) is 42.0 Å². The summed E-state index contributed by atoms with van der Waals surface area (Å²) in [7, 11) is 0. The number of aryl methyl sites for hydroxylation is 2. The van der Waals surface area contributed by atoms with E-state index in [1.54, 1.807) is 0 Å². The molecule has 1 heterocycles. The van der Waals surface area contributed by atoms with Crippen LogP contribution in [0, 0.1) is 6.92 Å². The largest absolute Gasteiger partial charge is 0.366 e. The van der Waals surface area contributed by atoms with E-state index in [9.17, 15) is 0 Å². The summed E-state index contributed by atoms with van der Waals surface area (Å²) in [6.07, 6.45) is 3.50. The first-order valence-corrected chi connectivity index (χ1v) is 7.93. The van der Waals surface area contributed by atoms with Gasteiger partial charge < -0.3 is 10.6 Å². The molecule has 2 unspecified atom stereocenters. The van der Waals surface area contributed by atoms with Crippen molar-refractivity contribution in [3.63, 3.8) is 0 Å². The summed E-state index contributed by atoms with van der Waals surface area (Å²) < 4.78 is 0. The number of rotatable bonds is 1. The summed E-state index contributed by atoms with van der Waals surface area (Å²) in [5.74, 6) is 0. The molecule has 4 rings (SSSR count). The third-order valence-electron chi connectivity index (χ3n) is 5.05. The van der Waals surface area contributed by atoms with Crippen LogP contribution in [0.4, 0.5) is 5.69 Å². The quantitative estimate of drug-likeness (QED) is 0.866. The Morgan fingerprint density at radius 3 is 2.81 bits per heavy atom. The van der Waals surface area contributed by atoms with Gasteiger partial charge in [-0.3, -0.25) is 0 Å². The van der Waals surface area contributed by atoms with Gasteiger partial charge in [0.1, 0.15) is 0 Å². The Hall–Kier alpha value is -1.80. The van der Waals surface area contributed by atoms with Gasteiger partial charge in [0.15, 0.2) is 0 Å². The van der Waals surface area contributed by atoms with Crippen LogP contribution in [-0.2, 0) is 12.8 Å². The van der Waals surface area contributed by atoms with E-state index in [4.69, 9.17) is 5.73 Å². The fraction of sp³-hybridized carbons (Fsp3) is 0.368. The van der Waals surface area contributed by atoms with Crippen LogP contribution in [0.3, 0.4) is 0 Å². The minimum absolute atomic E-state index is 0.133. The standard InChI is InChI=1S/C19H22N2/c1-13-8-9-17-15(11-13)6-4-10-21(17)18-12-14-5-2-3-7-16(14)19(18)20/h2-3,5,7-9,11,18-19H,4,6,10,12,20H2,1H3. The molecule has 0 radical (unpaired) electrons. The number of hydrogen-bond acceptors (Lipinski definition) is 2. The second-order valence-electron chi connectivity index (χ2n) is 6.43. The van der Waals surface area contributed by atoms with Gasteiger partial charge in [0.05, 0.1) is 12.1 Å². The second-order valence-corrected chi connectivity index (χ2v) is 6.43. The lowest BCUT2D eigenvalue weighted by atomic mass is 9.96. The van der Waals surface area contributed by atoms with Gasteiger partial charge in [-0.25, -0.2) is 0 Å². The van der Waals surface area contributed by atoms with E-state index < -0.39 is 0 Å². The molecule has 0 amide bonds. The summed E-state index contributed by atoms with van der Waals surface area (Å²) >= 11 is 0. The molecule has 2 atom stereocenters. The van der Waals surface area contributed by atoms with Crippen LogP contribution in [0.15, 0.2) is 42.5 Å². The molecule has 2 nitrogen and oxygen atoms in total. The molecule has 1 aliphatic carbocycles.